The third kappa shape index (κ3) is 1.85. The maximum Gasteiger partial charge on any atom is 0.163 e. The molecule has 110 valence electrons. The molecule has 21 heavy (non-hydrogen) atoms. The van der Waals surface area contributed by atoms with Gasteiger partial charge in [0.25, 0.3) is 0 Å². The molecule has 1 aliphatic heterocycles. The van der Waals surface area contributed by atoms with E-state index in [2.05, 4.69) is 40.7 Å². The Kier molecular flexibility index (Phi) is 2.62. The number of thiophene rings is 1. The summed E-state index contributed by atoms with van der Waals surface area (Å²) in [5.41, 5.74) is 7.64. The summed E-state index contributed by atoms with van der Waals surface area (Å²) in [4.78, 5) is 6.04. The van der Waals surface area contributed by atoms with Gasteiger partial charge in [-0.05, 0) is 73.1 Å². The second kappa shape index (κ2) is 4.43. The standard InChI is InChI=1S/C16H19N3OS/c1-3-13-4-2-11(1)10-16(13)17-19(18-20-16)14-5-6-15-12(9-14)7-8-21-15/h5-9,11,13,17-18H,1-4,10H2. The lowest BCUT2D eigenvalue weighted by molar-refractivity contribution is -0.153. The van der Waals surface area contributed by atoms with Crippen LogP contribution in [0.15, 0.2) is 29.6 Å². The molecule has 0 radical (unpaired) electrons. The normalized spacial score (nSPS) is 35.1. The van der Waals surface area contributed by atoms with Gasteiger partial charge in [-0.3, -0.25) is 4.84 Å². The van der Waals surface area contributed by atoms with Gasteiger partial charge in [-0.1, -0.05) is 5.59 Å². The second-order valence-corrected chi connectivity index (χ2v) is 7.54. The largest absolute Gasteiger partial charge is 0.257 e. The number of hydrogen-bond acceptors (Lipinski definition) is 5. The molecule has 1 aromatic carbocycles. The lowest BCUT2D eigenvalue weighted by atomic mass is 9.66. The Bertz CT molecular complexity index is 679. The molecule has 1 unspecified atom stereocenters. The molecular weight excluding hydrogens is 282 g/mol. The number of nitrogens with one attached hydrogen (secondary N) is 2. The number of nitrogens with zero attached hydrogens (tertiary/aromatic N) is 1. The summed E-state index contributed by atoms with van der Waals surface area (Å²) in [5.74, 6) is 1.45. The van der Waals surface area contributed by atoms with Crippen molar-refractivity contribution in [2.24, 2.45) is 11.8 Å². The smallest absolute Gasteiger partial charge is 0.163 e. The van der Waals surface area contributed by atoms with Gasteiger partial charge in [0, 0.05) is 10.6 Å². The van der Waals surface area contributed by atoms with E-state index < -0.39 is 0 Å². The van der Waals surface area contributed by atoms with Crippen molar-refractivity contribution >= 4 is 27.1 Å². The van der Waals surface area contributed by atoms with Gasteiger partial charge < -0.3 is 0 Å². The highest BCUT2D eigenvalue weighted by Gasteiger charge is 2.53. The summed E-state index contributed by atoms with van der Waals surface area (Å²) < 4.78 is 1.32. The first-order chi connectivity index (χ1) is 10.3. The first-order valence-electron chi connectivity index (χ1n) is 7.81. The first-order valence-corrected chi connectivity index (χ1v) is 8.69. The third-order valence-electron chi connectivity index (χ3n) is 5.41. The lowest BCUT2D eigenvalue weighted by Crippen LogP contribution is -2.57. The molecule has 3 saturated carbocycles. The van der Waals surface area contributed by atoms with Gasteiger partial charge in [0.15, 0.2) is 5.72 Å². The monoisotopic (exact) mass is 301 g/mol. The van der Waals surface area contributed by atoms with Crippen LogP contribution < -0.4 is 16.1 Å². The lowest BCUT2D eigenvalue weighted by Gasteiger charge is -2.47. The van der Waals surface area contributed by atoms with Crippen LogP contribution in [0.25, 0.3) is 10.1 Å². The fourth-order valence-corrected chi connectivity index (χ4v) is 5.03. The summed E-state index contributed by atoms with van der Waals surface area (Å²) in [5, 5.41) is 5.38. The molecule has 4 aliphatic rings. The summed E-state index contributed by atoms with van der Waals surface area (Å²) in [6.07, 6.45) is 6.45. The fourth-order valence-electron chi connectivity index (χ4n) is 4.26. The van der Waals surface area contributed by atoms with Gasteiger partial charge in [0.1, 0.15) is 0 Å². The zero-order chi connectivity index (χ0) is 13.9. The van der Waals surface area contributed by atoms with Crippen LogP contribution in [0.2, 0.25) is 0 Å². The number of rotatable bonds is 1. The minimum atomic E-state index is -0.190. The second-order valence-electron chi connectivity index (χ2n) is 6.59. The van der Waals surface area contributed by atoms with Crippen molar-refractivity contribution in [3.8, 4) is 0 Å². The van der Waals surface area contributed by atoms with Gasteiger partial charge in [0.2, 0.25) is 0 Å². The minimum absolute atomic E-state index is 0.190. The van der Waals surface area contributed by atoms with Crippen molar-refractivity contribution < 1.29 is 4.84 Å². The number of hydrazine groups is 2. The van der Waals surface area contributed by atoms with Crippen LogP contribution in [0.5, 0.6) is 0 Å². The van der Waals surface area contributed by atoms with E-state index in [0.717, 1.165) is 18.0 Å². The topological polar surface area (TPSA) is 36.5 Å². The van der Waals surface area contributed by atoms with E-state index >= 15 is 0 Å². The predicted octanol–water partition coefficient (Wildman–Crippen LogP) is 3.57. The average molecular weight is 301 g/mol. The van der Waals surface area contributed by atoms with E-state index in [9.17, 15) is 0 Å². The van der Waals surface area contributed by atoms with Crippen molar-refractivity contribution in [1.82, 2.24) is 11.0 Å². The molecular formula is C16H19N3OS. The Morgan fingerprint density at radius 3 is 2.90 bits per heavy atom. The third-order valence-corrected chi connectivity index (χ3v) is 6.31. The average Bonchev–Trinajstić information content (AvgIpc) is 3.15. The van der Waals surface area contributed by atoms with E-state index in [1.165, 1.54) is 35.8 Å². The van der Waals surface area contributed by atoms with Crippen molar-refractivity contribution in [2.75, 3.05) is 5.12 Å². The molecule has 2 N–H and O–H groups in total. The van der Waals surface area contributed by atoms with E-state index in [1.807, 2.05) is 5.12 Å². The van der Waals surface area contributed by atoms with Crippen LogP contribution in [0, 0.1) is 11.8 Å². The quantitative estimate of drug-likeness (QED) is 0.844. The predicted molar refractivity (Wildman–Crippen MR) is 84.5 cm³/mol. The minimum Gasteiger partial charge on any atom is -0.257 e. The van der Waals surface area contributed by atoms with Crippen molar-refractivity contribution in [2.45, 2.75) is 37.8 Å². The number of hydrogen-bond donors (Lipinski definition) is 2. The highest BCUT2D eigenvalue weighted by molar-refractivity contribution is 7.17. The Morgan fingerprint density at radius 2 is 2.10 bits per heavy atom. The molecule has 2 aromatic rings. The van der Waals surface area contributed by atoms with Crippen molar-refractivity contribution in [3.63, 3.8) is 0 Å². The Labute approximate surface area is 128 Å². The summed E-state index contributed by atoms with van der Waals surface area (Å²) >= 11 is 1.78. The number of benzene rings is 1. The maximum atomic E-state index is 6.04. The molecule has 3 aliphatic carbocycles. The van der Waals surface area contributed by atoms with Gasteiger partial charge in [-0.25, -0.2) is 5.12 Å². The van der Waals surface area contributed by atoms with Gasteiger partial charge in [-0.2, -0.15) is 5.43 Å². The van der Waals surface area contributed by atoms with Crippen LogP contribution in [-0.2, 0) is 4.84 Å². The maximum absolute atomic E-state index is 6.04. The molecule has 1 saturated heterocycles. The van der Waals surface area contributed by atoms with Crippen LogP contribution in [0.4, 0.5) is 5.69 Å². The van der Waals surface area contributed by atoms with Crippen molar-refractivity contribution in [1.29, 1.82) is 0 Å². The van der Waals surface area contributed by atoms with E-state index in [4.69, 9.17) is 4.84 Å². The molecule has 1 atom stereocenters. The molecule has 2 bridgehead atoms. The molecule has 1 spiro atoms. The van der Waals surface area contributed by atoms with Crippen LogP contribution in [0.1, 0.15) is 32.1 Å². The number of fused-ring (bicyclic) bond motifs is 3. The highest BCUT2D eigenvalue weighted by atomic mass is 32.1. The van der Waals surface area contributed by atoms with Crippen LogP contribution in [0.3, 0.4) is 0 Å². The fraction of sp³-hybridized carbons (Fsp3) is 0.500. The Balaban J connectivity index is 1.44. The molecule has 5 heteroatoms. The van der Waals surface area contributed by atoms with E-state index in [-0.39, 0.29) is 5.72 Å². The van der Waals surface area contributed by atoms with Gasteiger partial charge in [-0.15, -0.1) is 11.3 Å². The zero-order valence-corrected chi connectivity index (χ0v) is 12.7. The molecule has 0 amide bonds. The molecule has 6 rings (SSSR count). The van der Waals surface area contributed by atoms with Crippen LogP contribution in [-0.4, -0.2) is 5.72 Å². The number of anilines is 1. The van der Waals surface area contributed by atoms with Gasteiger partial charge in [0.05, 0.1) is 5.69 Å². The highest BCUT2D eigenvalue weighted by Crippen LogP contribution is 2.49. The van der Waals surface area contributed by atoms with Gasteiger partial charge >= 0.3 is 0 Å². The first kappa shape index (κ1) is 12.4. The summed E-state index contributed by atoms with van der Waals surface area (Å²) in [6.45, 7) is 0. The van der Waals surface area contributed by atoms with Crippen molar-refractivity contribution in [3.05, 3.63) is 29.6 Å². The van der Waals surface area contributed by atoms with E-state index in [1.54, 1.807) is 11.3 Å². The Morgan fingerprint density at radius 1 is 1.19 bits per heavy atom. The molecule has 2 heterocycles. The van der Waals surface area contributed by atoms with Crippen LogP contribution >= 0.6 is 11.3 Å². The zero-order valence-electron chi connectivity index (χ0n) is 11.8. The summed E-state index contributed by atoms with van der Waals surface area (Å²) in [6, 6.07) is 8.69. The summed E-state index contributed by atoms with van der Waals surface area (Å²) in [7, 11) is 0. The molecule has 4 fully saturated rings. The molecule has 4 nitrogen and oxygen atoms in total. The molecule has 1 aromatic heterocycles. The Hall–Kier alpha value is -1.14. The van der Waals surface area contributed by atoms with E-state index in [0.29, 0.717) is 5.92 Å². The SMILES string of the molecule is c1cc2cc(N3NOC4(CC5CCC4CC5)N3)ccc2s1.